The summed E-state index contributed by atoms with van der Waals surface area (Å²) < 4.78 is 1.72. The van der Waals surface area contributed by atoms with Gasteiger partial charge in [-0.05, 0) is 24.1 Å². The number of amides is 1. The highest BCUT2D eigenvalue weighted by Crippen LogP contribution is 2.01. The van der Waals surface area contributed by atoms with Gasteiger partial charge in [-0.1, -0.05) is 0 Å². The zero-order chi connectivity index (χ0) is 12.8. The van der Waals surface area contributed by atoms with E-state index in [9.17, 15) is 4.79 Å². The van der Waals surface area contributed by atoms with Crippen molar-refractivity contribution in [3.63, 3.8) is 0 Å². The van der Waals surface area contributed by atoms with Crippen molar-refractivity contribution in [3.05, 3.63) is 48.0 Å². The van der Waals surface area contributed by atoms with Crippen molar-refractivity contribution in [2.75, 3.05) is 0 Å². The van der Waals surface area contributed by atoms with Gasteiger partial charge in [0.15, 0.2) is 0 Å². The van der Waals surface area contributed by atoms with Crippen LogP contribution >= 0.6 is 0 Å². The predicted octanol–water partition coefficient (Wildman–Crippen LogP) is 1.06. The number of nitrogens with one attached hydrogen (secondary N) is 1. The van der Waals surface area contributed by atoms with Gasteiger partial charge in [-0.15, -0.1) is 0 Å². The second-order valence-corrected chi connectivity index (χ2v) is 4.15. The van der Waals surface area contributed by atoms with E-state index < -0.39 is 0 Å². The van der Waals surface area contributed by atoms with Crippen molar-refractivity contribution in [2.45, 2.75) is 19.4 Å². The monoisotopic (exact) mass is 244 g/mol. The van der Waals surface area contributed by atoms with E-state index in [0.717, 1.165) is 17.5 Å². The molecule has 94 valence electrons. The number of hydrogen-bond donors (Lipinski definition) is 1. The average molecular weight is 244 g/mol. The highest BCUT2D eigenvalue weighted by Gasteiger charge is 2.03. The van der Waals surface area contributed by atoms with Crippen molar-refractivity contribution in [2.24, 2.45) is 7.05 Å². The Morgan fingerprint density at radius 3 is 2.78 bits per heavy atom. The third-order valence-corrected chi connectivity index (χ3v) is 2.64. The molecule has 0 aliphatic heterocycles. The molecule has 0 aliphatic rings. The molecule has 0 spiro atoms. The van der Waals surface area contributed by atoms with Crippen molar-refractivity contribution in [3.8, 4) is 0 Å². The number of aromatic nitrogens is 3. The summed E-state index contributed by atoms with van der Waals surface area (Å²) in [5, 5.41) is 6.92. The minimum atomic E-state index is 0.0515. The number of rotatable bonds is 5. The Morgan fingerprint density at radius 1 is 1.33 bits per heavy atom. The van der Waals surface area contributed by atoms with E-state index in [1.54, 1.807) is 23.3 Å². The minimum absolute atomic E-state index is 0.0515. The molecule has 0 atom stereocenters. The standard InChI is InChI=1S/C13H16N4O/c1-17-10-12(9-16-17)8-15-13(18)3-2-11-4-6-14-7-5-11/h4-7,9-10H,2-3,8H2,1H3,(H,15,18). The van der Waals surface area contributed by atoms with Gasteiger partial charge in [-0.2, -0.15) is 5.10 Å². The summed E-state index contributed by atoms with van der Waals surface area (Å²) in [7, 11) is 1.86. The van der Waals surface area contributed by atoms with Crippen LogP contribution in [0.4, 0.5) is 0 Å². The Kier molecular flexibility index (Phi) is 4.06. The molecule has 0 unspecified atom stereocenters. The van der Waals surface area contributed by atoms with Crippen LogP contribution in [-0.2, 0) is 24.8 Å². The fourth-order valence-electron chi connectivity index (χ4n) is 1.66. The first-order valence-electron chi connectivity index (χ1n) is 5.87. The summed E-state index contributed by atoms with van der Waals surface area (Å²) in [5.41, 5.74) is 2.14. The molecule has 0 saturated carbocycles. The maximum atomic E-state index is 11.6. The number of carbonyl (C=O) groups is 1. The number of nitrogens with zero attached hydrogens (tertiary/aromatic N) is 3. The third-order valence-electron chi connectivity index (χ3n) is 2.64. The van der Waals surface area contributed by atoms with Gasteiger partial charge < -0.3 is 5.32 Å². The van der Waals surface area contributed by atoms with Crippen LogP contribution in [0.3, 0.4) is 0 Å². The largest absolute Gasteiger partial charge is 0.352 e. The number of pyridine rings is 1. The van der Waals surface area contributed by atoms with Crippen molar-refractivity contribution in [1.29, 1.82) is 0 Å². The van der Waals surface area contributed by atoms with E-state index in [1.807, 2.05) is 25.4 Å². The quantitative estimate of drug-likeness (QED) is 0.855. The molecule has 1 N–H and O–H groups in total. The van der Waals surface area contributed by atoms with Crippen molar-refractivity contribution in [1.82, 2.24) is 20.1 Å². The minimum Gasteiger partial charge on any atom is -0.352 e. The maximum Gasteiger partial charge on any atom is 0.220 e. The molecular weight excluding hydrogens is 228 g/mol. The Hall–Kier alpha value is -2.17. The topological polar surface area (TPSA) is 59.8 Å². The molecule has 0 aliphatic carbocycles. The van der Waals surface area contributed by atoms with E-state index in [0.29, 0.717) is 13.0 Å². The fraction of sp³-hybridized carbons (Fsp3) is 0.308. The van der Waals surface area contributed by atoms with Gasteiger partial charge in [0, 0.05) is 44.2 Å². The second-order valence-electron chi connectivity index (χ2n) is 4.15. The van der Waals surface area contributed by atoms with Gasteiger partial charge in [0.25, 0.3) is 0 Å². The Morgan fingerprint density at radius 2 is 2.11 bits per heavy atom. The lowest BCUT2D eigenvalue weighted by Crippen LogP contribution is -2.22. The molecule has 0 bridgehead atoms. The first-order chi connectivity index (χ1) is 8.74. The molecule has 2 aromatic heterocycles. The summed E-state index contributed by atoms with van der Waals surface area (Å²) in [6.07, 6.45) is 8.35. The lowest BCUT2D eigenvalue weighted by atomic mass is 10.1. The first kappa shape index (κ1) is 12.3. The molecule has 5 nitrogen and oxygen atoms in total. The van der Waals surface area contributed by atoms with E-state index >= 15 is 0 Å². The highest BCUT2D eigenvalue weighted by molar-refractivity contribution is 5.76. The van der Waals surface area contributed by atoms with Crippen LogP contribution in [0.5, 0.6) is 0 Å². The van der Waals surface area contributed by atoms with Gasteiger partial charge in [0.05, 0.1) is 6.20 Å². The summed E-state index contributed by atoms with van der Waals surface area (Å²) in [5.74, 6) is 0.0515. The fourth-order valence-corrected chi connectivity index (χ4v) is 1.66. The lowest BCUT2D eigenvalue weighted by molar-refractivity contribution is -0.121. The van der Waals surface area contributed by atoms with Crippen LogP contribution in [0, 0.1) is 0 Å². The molecule has 2 heterocycles. The molecule has 2 aromatic rings. The van der Waals surface area contributed by atoms with Crippen molar-refractivity contribution < 1.29 is 4.79 Å². The van der Waals surface area contributed by atoms with Gasteiger partial charge in [-0.25, -0.2) is 0 Å². The Bertz CT molecular complexity index is 507. The van der Waals surface area contributed by atoms with E-state index in [1.165, 1.54) is 0 Å². The number of aryl methyl sites for hydroxylation is 2. The molecule has 2 rings (SSSR count). The van der Waals surface area contributed by atoms with Crippen LogP contribution in [0.25, 0.3) is 0 Å². The first-order valence-corrected chi connectivity index (χ1v) is 5.87. The zero-order valence-electron chi connectivity index (χ0n) is 10.3. The highest BCUT2D eigenvalue weighted by atomic mass is 16.1. The van der Waals surface area contributed by atoms with Gasteiger partial charge in [0.2, 0.25) is 5.91 Å². The SMILES string of the molecule is Cn1cc(CNC(=O)CCc2ccncc2)cn1. The molecule has 1 amide bonds. The van der Waals surface area contributed by atoms with Crippen LogP contribution < -0.4 is 5.32 Å². The molecule has 5 heteroatoms. The molecule has 0 aromatic carbocycles. The van der Waals surface area contributed by atoms with Crippen LogP contribution in [0.15, 0.2) is 36.9 Å². The van der Waals surface area contributed by atoms with Crippen LogP contribution in [0.2, 0.25) is 0 Å². The molecular formula is C13H16N4O. The molecule has 0 saturated heterocycles. The average Bonchev–Trinajstić information content (AvgIpc) is 2.81. The Balaban J connectivity index is 1.73. The van der Waals surface area contributed by atoms with Crippen LogP contribution in [0.1, 0.15) is 17.5 Å². The molecule has 0 radical (unpaired) electrons. The van der Waals surface area contributed by atoms with E-state index in [2.05, 4.69) is 15.4 Å². The maximum absolute atomic E-state index is 11.6. The van der Waals surface area contributed by atoms with Gasteiger partial charge in [-0.3, -0.25) is 14.5 Å². The van der Waals surface area contributed by atoms with Crippen LogP contribution in [-0.4, -0.2) is 20.7 Å². The van der Waals surface area contributed by atoms with Gasteiger partial charge >= 0.3 is 0 Å². The van der Waals surface area contributed by atoms with E-state index in [4.69, 9.17) is 0 Å². The molecule has 18 heavy (non-hydrogen) atoms. The smallest absolute Gasteiger partial charge is 0.220 e. The number of carbonyl (C=O) groups excluding carboxylic acids is 1. The third kappa shape index (κ3) is 3.69. The lowest BCUT2D eigenvalue weighted by Gasteiger charge is -2.03. The van der Waals surface area contributed by atoms with E-state index in [-0.39, 0.29) is 5.91 Å². The van der Waals surface area contributed by atoms with Crippen molar-refractivity contribution >= 4 is 5.91 Å². The zero-order valence-corrected chi connectivity index (χ0v) is 10.3. The van der Waals surface area contributed by atoms with Gasteiger partial charge in [0.1, 0.15) is 0 Å². The summed E-state index contributed by atoms with van der Waals surface area (Å²) in [6, 6.07) is 3.85. The predicted molar refractivity (Wildman–Crippen MR) is 67.6 cm³/mol. The second kappa shape index (κ2) is 5.95. The summed E-state index contributed by atoms with van der Waals surface area (Å²) in [4.78, 5) is 15.6. The summed E-state index contributed by atoms with van der Waals surface area (Å²) in [6.45, 7) is 0.531. The molecule has 0 fully saturated rings. The number of hydrogen-bond acceptors (Lipinski definition) is 3. The summed E-state index contributed by atoms with van der Waals surface area (Å²) >= 11 is 0. The Labute approximate surface area is 106 Å². The normalized spacial score (nSPS) is 10.3.